The number of nitrogens with one attached hydrogen (secondary N) is 1. The first kappa shape index (κ1) is 19.0. The maximum atomic E-state index is 12.1. The van der Waals surface area contributed by atoms with E-state index < -0.39 is 21.9 Å². The molecule has 0 fully saturated rings. The summed E-state index contributed by atoms with van der Waals surface area (Å²) in [6.45, 7) is 1.73. The zero-order valence-electron chi connectivity index (χ0n) is 14.8. The van der Waals surface area contributed by atoms with Crippen LogP contribution in [0.5, 0.6) is 0 Å². The summed E-state index contributed by atoms with van der Waals surface area (Å²) in [5.74, 6) is 0.0661. The summed E-state index contributed by atoms with van der Waals surface area (Å²) in [7, 11) is 0. The molecule has 10 nitrogen and oxygen atoms in total. The maximum Gasteiger partial charge on any atom is 0.338 e. The molecule has 0 amide bonds. The van der Waals surface area contributed by atoms with Crippen LogP contribution in [-0.4, -0.2) is 31.9 Å². The van der Waals surface area contributed by atoms with Crippen molar-refractivity contribution in [2.75, 3.05) is 0 Å². The lowest BCUT2D eigenvalue weighted by molar-refractivity contribution is -0.385. The number of ether oxygens (including phenoxy) is 1. The average molecular weight is 384 g/mol. The van der Waals surface area contributed by atoms with Gasteiger partial charge in [0.05, 0.1) is 32.5 Å². The van der Waals surface area contributed by atoms with E-state index in [1.54, 1.807) is 13.0 Å². The van der Waals surface area contributed by atoms with Crippen LogP contribution >= 0.6 is 0 Å². The molecule has 0 spiro atoms. The number of fused-ring (bicyclic) bond motifs is 1. The highest BCUT2D eigenvalue weighted by Gasteiger charge is 2.15. The van der Waals surface area contributed by atoms with Crippen LogP contribution in [-0.2, 0) is 11.2 Å². The Morgan fingerprint density at radius 1 is 1.11 bits per heavy atom. The molecule has 0 bridgehead atoms. The first-order valence-electron chi connectivity index (χ1n) is 8.42. The lowest BCUT2D eigenvalue weighted by Gasteiger charge is -2.12. The van der Waals surface area contributed by atoms with E-state index >= 15 is 0 Å². The highest BCUT2D eigenvalue weighted by molar-refractivity contribution is 5.89. The van der Waals surface area contributed by atoms with Gasteiger partial charge in [-0.2, -0.15) is 0 Å². The fraction of sp³-hybridized carbons (Fsp3) is 0.222. The number of nitrogens with zero attached hydrogens (tertiary/aromatic N) is 3. The Morgan fingerprint density at radius 3 is 2.39 bits per heavy atom. The molecular weight excluding hydrogens is 368 g/mol. The molecule has 1 N–H and O–H groups in total. The predicted octanol–water partition coefficient (Wildman–Crippen LogP) is 3.56. The number of non-ortho nitro benzene ring substituents is 2. The van der Waals surface area contributed by atoms with Crippen molar-refractivity contribution in [1.82, 2.24) is 9.97 Å². The minimum Gasteiger partial charge on any atom is -0.459 e. The lowest BCUT2D eigenvalue weighted by atomic mass is 10.2. The third-order valence-corrected chi connectivity index (χ3v) is 4.14. The number of aryl methyl sites for hydroxylation is 1. The standard InChI is InChI=1S/C18H16N4O6/c1-11(28-18(23)12-3-5-13(6-4-12)21(24)25)2-9-17-19-15-8-7-14(22(26)27)10-16(15)20-17/h3-8,10-11H,2,9H2,1H3,(H,19,20)/t11-/m1/s1. The zero-order valence-corrected chi connectivity index (χ0v) is 14.8. The molecule has 3 aromatic rings. The van der Waals surface area contributed by atoms with Crippen LogP contribution < -0.4 is 0 Å². The summed E-state index contributed by atoms with van der Waals surface area (Å²) in [4.78, 5) is 40.0. The molecule has 1 heterocycles. The van der Waals surface area contributed by atoms with Crippen LogP contribution in [0.15, 0.2) is 42.5 Å². The molecule has 28 heavy (non-hydrogen) atoms. The lowest BCUT2D eigenvalue weighted by Crippen LogP contribution is -2.16. The van der Waals surface area contributed by atoms with Crippen LogP contribution in [0, 0.1) is 20.2 Å². The van der Waals surface area contributed by atoms with Gasteiger partial charge < -0.3 is 9.72 Å². The van der Waals surface area contributed by atoms with Gasteiger partial charge in [-0.3, -0.25) is 20.2 Å². The van der Waals surface area contributed by atoms with Crippen molar-refractivity contribution in [1.29, 1.82) is 0 Å². The van der Waals surface area contributed by atoms with Gasteiger partial charge in [0.25, 0.3) is 11.4 Å². The summed E-state index contributed by atoms with van der Waals surface area (Å²) in [6.07, 6.45) is 0.558. The minimum absolute atomic E-state index is 0.0203. The van der Waals surface area contributed by atoms with Crippen molar-refractivity contribution in [3.63, 3.8) is 0 Å². The second-order valence-electron chi connectivity index (χ2n) is 6.20. The molecule has 1 atom stereocenters. The Labute approximate surface area is 158 Å². The number of imidazole rings is 1. The van der Waals surface area contributed by atoms with Crippen molar-refractivity contribution in [2.24, 2.45) is 0 Å². The number of H-pyrrole nitrogens is 1. The Kier molecular flexibility index (Phi) is 5.30. The van der Waals surface area contributed by atoms with Gasteiger partial charge in [0.1, 0.15) is 5.82 Å². The molecule has 0 saturated heterocycles. The summed E-state index contributed by atoms with van der Waals surface area (Å²) in [6, 6.07) is 9.57. The van der Waals surface area contributed by atoms with Crippen molar-refractivity contribution < 1.29 is 19.4 Å². The van der Waals surface area contributed by atoms with Gasteiger partial charge in [0, 0.05) is 30.7 Å². The minimum atomic E-state index is -0.567. The molecule has 0 aliphatic rings. The number of aromatic nitrogens is 2. The molecule has 0 aliphatic carbocycles. The number of nitro benzene ring substituents is 2. The number of esters is 1. The third kappa shape index (κ3) is 4.29. The smallest absolute Gasteiger partial charge is 0.338 e. The molecule has 0 aliphatic heterocycles. The molecule has 144 valence electrons. The Hall–Kier alpha value is -3.82. The molecular formula is C18H16N4O6. The number of carbonyl (C=O) groups excluding carboxylic acids is 1. The van der Waals surface area contributed by atoms with E-state index in [1.807, 2.05) is 0 Å². The van der Waals surface area contributed by atoms with Crippen LogP contribution in [0.2, 0.25) is 0 Å². The number of aromatic amines is 1. The summed E-state index contributed by atoms with van der Waals surface area (Å²) in [5.41, 5.74) is 1.30. The van der Waals surface area contributed by atoms with Gasteiger partial charge in [-0.25, -0.2) is 9.78 Å². The zero-order chi connectivity index (χ0) is 20.3. The summed E-state index contributed by atoms with van der Waals surface area (Å²) in [5, 5.41) is 21.5. The Balaban J connectivity index is 1.58. The van der Waals surface area contributed by atoms with Crippen LogP contribution in [0.4, 0.5) is 11.4 Å². The highest BCUT2D eigenvalue weighted by atomic mass is 16.6. The number of rotatable bonds is 7. The van der Waals surface area contributed by atoms with Gasteiger partial charge in [-0.1, -0.05) is 0 Å². The van der Waals surface area contributed by atoms with Gasteiger partial charge in [-0.15, -0.1) is 0 Å². The molecule has 0 radical (unpaired) electrons. The topological polar surface area (TPSA) is 141 Å². The predicted molar refractivity (Wildman–Crippen MR) is 99.0 cm³/mol. The van der Waals surface area contributed by atoms with E-state index in [2.05, 4.69) is 9.97 Å². The Bertz CT molecular complexity index is 1040. The van der Waals surface area contributed by atoms with Gasteiger partial charge in [0.2, 0.25) is 0 Å². The van der Waals surface area contributed by atoms with Gasteiger partial charge in [0.15, 0.2) is 0 Å². The molecule has 10 heteroatoms. The number of hydrogen-bond acceptors (Lipinski definition) is 7. The van der Waals surface area contributed by atoms with E-state index in [1.165, 1.54) is 36.4 Å². The second kappa shape index (κ2) is 7.82. The molecule has 0 saturated carbocycles. The number of nitro groups is 2. The van der Waals surface area contributed by atoms with Crippen molar-refractivity contribution in [3.05, 3.63) is 74.1 Å². The fourth-order valence-corrected chi connectivity index (χ4v) is 2.65. The number of carbonyl (C=O) groups is 1. The largest absolute Gasteiger partial charge is 0.459 e. The van der Waals surface area contributed by atoms with Gasteiger partial charge >= 0.3 is 5.97 Å². The van der Waals surface area contributed by atoms with E-state index in [-0.39, 0.29) is 16.9 Å². The molecule has 0 unspecified atom stereocenters. The first-order chi connectivity index (χ1) is 13.3. The Morgan fingerprint density at radius 2 is 1.75 bits per heavy atom. The average Bonchev–Trinajstić information content (AvgIpc) is 3.08. The molecule has 1 aromatic heterocycles. The van der Waals surface area contributed by atoms with Crippen LogP contribution in [0.1, 0.15) is 29.5 Å². The third-order valence-electron chi connectivity index (χ3n) is 4.14. The van der Waals surface area contributed by atoms with Crippen LogP contribution in [0.3, 0.4) is 0 Å². The normalized spacial score (nSPS) is 11.9. The summed E-state index contributed by atoms with van der Waals surface area (Å²) < 4.78 is 5.34. The monoisotopic (exact) mass is 384 g/mol. The van der Waals surface area contributed by atoms with E-state index in [4.69, 9.17) is 4.74 Å². The second-order valence-corrected chi connectivity index (χ2v) is 6.20. The van der Waals surface area contributed by atoms with Crippen molar-refractivity contribution in [2.45, 2.75) is 25.9 Å². The molecule has 3 rings (SSSR count). The van der Waals surface area contributed by atoms with Crippen LogP contribution in [0.25, 0.3) is 11.0 Å². The van der Waals surface area contributed by atoms with E-state index in [0.29, 0.717) is 29.7 Å². The first-order valence-corrected chi connectivity index (χ1v) is 8.42. The quantitative estimate of drug-likeness (QED) is 0.373. The maximum absolute atomic E-state index is 12.1. The van der Waals surface area contributed by atoms with Crippen molar-refractivity contribution in [3.8, 4) is 0 Å². The SMILES string of the molecule is C[C@H](CCc1nc2ccc([N+](=O)[O-])cc2[nH]1)OC(=O)c1ccc([N+](=O)[O-])cc1. The highest BCUT2D eigenvalue weighted by Crippen LogP contribution is 2.20. The van der Waals surface area contributed by atoms with Gasteiger partial charge in [-0.05, 0) is 31.5 Å². The molecule has 2 aromatic carbocycles. The number of benzene rings is 2. The summed E-state index contributed by atoms with van der Waals surface area (Å²) >= 11 is 0. The van der Waals surface area contributed by atoms with E-state index in [0.717, 1.165) is 0 Å². The van der Waals surface area contributed by atoms with E-state index in [9.17, 15) is 25.0 Å². The fourth-order valence-electron chi connectivity index (χ4n) is 2.65. The van der Waals surface area contributed by atoms with Crippen molar-refractivity contribution >= 4 is 28.4 Å². The number of hydrogen-bond donors (Lipinski definition) is 1.